The minimum Gasteiger partial charge on any atom is -0.297 e. The van der Waals surface area contributed by atoms with Crippen LogP contribution in [0, 0.1) is 0 Å². The average molecular weight is 261 g/mol. The summed E-state index contributed by atoms with van der Waals surface area (Å²) in [5.74, 6) is 0. The first-order valence-electron chi connectivity index (χ1n) is 6.29. The maximum atomic E-state index is 4.40. The van der Waals surface area contributed by atoms with Crippen molar-refractivity contribution in [3.63, 3.8) is 0 Å². The molecule has 20 heavy (non-hydrogen) atoms. The fourth-order valence-corrected chi connectivity index (χ4v) is 2.26. The smallest absolute Gasteiger partial charge is 0.100 e. The van der Waals surface area contributed by atoms with Crippen LogP contribution in [-0.4, -0.2) is 24.3 Å². The molecule has 4 aromatic rings. The van der Waals surface area contributed by atoms with Gasteiger partial charge in [-0.05, 0) is 24.3 Å². The van der Waals surface area contributed by atoms with Crippen molar-refractivity contribution >= 4 is 11.0 Å². The summed E-state index contributed by atoms with van der Waals surface area (Å²) in [5, 5.41) is 4.22. The van der Waals surface area contributed by atoms with E-state index in [1.54, 1.807) is 17.1 Å². The monoisotopic (exact) mass is 261 g/mol. The number of benzene rings is 1. The van der Waals surface area contributed by atoms with Gasteiger partial charge in [0.05, 0.1) is 34.8 Å². The Morgan fingerprint density at radius 2 is 1.85 bits per heavy atom. The molecule has 0 aliphatic carbocycles. The number of para-hydroxylation sites is 2. The molecule has 0 N–H and O–H groups in total. The van der Waals surface area contributed by atoms with E-state index in [1.165, 1.54) is 0 Å². The summed E-state index contributed by atoms with van der Waals surface area (Å²) in [4.78, 5) is 8.69. The van der Waals surface area contributed by atoms with E-state index in [-0.39, 0.29) is 0 Å². The highest BCUT2D eigenvalue weighted by atomic mass is 15.3. The van der Waals surface area contributed by atoms with Crippen LogP contribution in [0.4, 0.5) is 0 Å². The van der Waals surface area contributed by atoms with Crippen LogP contribution in [0.2, 0.25) is 0 Å². The zero-order valence-corrected chi connectivity index (χ0v) is 10.6. The van der Waals surface area contributed by atoms with Crippen LogP contribution >= 0.6 is 0 Å². The van der Waals surface area contributed by atoms with Gasteiger partial charge < -0.3 is 0 Å². The predicted molar refractivity (Wildman–Crippen MR) is 76.0 cm³/mol. The zero-order valence-electron chi connectivity index (χ0n) is 10.6. The van der Waals surface area contributed by atoms with E-state index in [0.717, 1.165) is 22.4 Å². The molecule has 0 unspecified atom stereocenters. The molecule has 0 saturated carbocycles. The van der Waals surface area contributed by atoms with Crippen molar-refractivity contribution in [3.05, 3.63) is 67.5 Å². The number of rotatable bonds is 2. The van der Waals surface area contributed by atoms with Gasteiger partial charge in [0, 0.05) is 12.4 Å². The highest BCUT2D eigenvalue weighted by molar-refractivity contribution is 5.77. The molecule has 0 radical (unpaired) electrons. The Hall–Kier alpha value is -2.95. The lowest BCUT2D eigenvalue weighted by Crippen LogP contribution is -1.99. The van der Waals surface area contributed by atoms with E-state index in [2.05, 4.69) is 15.1 Å². The molecule has 0 atom stereocenters. The van der Waals surface area contributed by atoms with Gasteiger partial charge in [-0.1, -0.05) is 12.1 Å². The Labute approximate surface area is 115 Å². The Kier molecular flexibility index (Phi) is 2.35. The van der Waals surface area contributed by atoms with E-state index in [1.807, 2.05) is 59.7 Å². The van der Waals surface area contributed by atoms with Gasteiger partial charge in [-0.3, -0.25) is 9.55 Å². The van der Waals surface area contributed by atoms with Crippen molar-refractivity contribution < 1.29 is 0 Å². The molecular formula is C15H11N5. The zero-order chi connectivity index (χ0) is 13.4. The summed E-state index contributed by atoms with van der Waals surface area (Å²) in [5.41, 5.74) is 3.92. The molecule has 5 heteroatoms. The van der Waals surface area contributed by atoms with Crippen LogP contribution in [0.25, 0.3) is 22.4 Å². The largest absolute Gasteiger partial charge is 0.297 e. The van der Waals surface area contributed by atoms with Crippen molar-refractivity contribution in [2.24, 2.45) is 0 Å². The second-order valence-electron chi connectivity index (χ2n) is 4.46. The molecule has 0 spiro atoms. The van der Waals surface area contributed by atoms with Crippen molar-refractivity contribution in [3.8, 4) is 11.4 Å². The summed E-state index contributed by atoms with van der Waals surface area (Å²) in [6.45, 7) is 0. The topological polar surface area (TPSA) is 48.5 Å². The van der Waals surface area contributed by atoms with Gasteiger partial charge in [-0.2, -0.15) is 5.10 Å². The fourth-order valence-electron chi connectivity index (χ4n) is 2.26. The Morgan fingerprint density at radius 3 is 2.75 bits per heavy atom. The summed E-state index contributed by atoms with van der Waals surface area (Å²) < 4.78 is 3.81. The first-order chi connectivity index (χ1) is 9.92. The summed E-state index contributed by atoms with van der Waals surface area (Å²) in [6.07, 6.45) is 9.07. The maximum absolute atomic E-state index is 4.40. The number of fused-ring (bicyclic) bond motifs is 1. The molecule has 0 amide bonds. The SMILES string of the molecule is c1ccc2c(c1)ncn2-c1cncc(-n2cccn2)c1. The quantitative estimate of drug-likeness (QED) is 0.557. The Morgan fingerprint density at radius 1 is 0.950 bits per heavy atom. The maximum Gasteiger partial charge on any atom is 0.100 e. The summed E-state index contributed by atoms with van der Waals surface area (Å²) in [7, 11) is 0. The molecule has 4 rings (SSSR count). The minimum absolute atomic E-state index is 0.922. The van der Waals surface area contributed by atoms with Crippen LogP contribution in [-0.2, 0) is 0 Å². The lowest BCUT2D eigenvalue weighted by atomic mass is 10.3. The standard InChI is InChI=1S/C15H11N5/c1-2-5-15-14(4-1)17-11-19(15)12-8-13(10-16-9-12)20-7-3-6-18-20/h1-11H. The van der Waals surface area contributed by atoms with Gasteiger partial charge in [0.25, 0.3) is 0 Å². The van der Waals surface area contributed by atoms with Crippen molar-refractivity contribution in [1.29, 1.82) is 0 Å². The lowest BCUT2D eigenvalue weighted by molar-refractivity contribution is 0.870. The molecule has 1 aromatic carbocycles. The highest BCUT2D eigenvalue weighted by Crippen LogP contribution is 2.18. The fraction of sp³-hybridized carbons (Fsp3) is 0. The number of pyridine rings is 1. The predicted octanol–water partition coefficient (Wildman–Crippen LogP) is 2.61. The average Bonchev–Trinajstić information content (AvgIpc) is 3.17. The van der Waals surface area contributed by atoms with E-state index in [9.17, 15) is 0 Å². The molecule has 0 bridgehead atoms. The molecular weight excluding hydrogens is 250 g/mol. The number of imidazole rings is 1. The van der Waals surface area contributed by atoms with Gasteiger partial charge in [0.1, 0.15) is 6.33 Å². The van der Waals surface area contributed by atoms with Crippen LogP contribution in [0.15, 0.2) is 67.5 Å². The molecule has 0 fully saturated rings. The normalized spacial score (nSPS) is 11.0. The van der Waals surface area contributed by atoms with E-state index in [0.29, 0.717) is 0 Å². The molecule has 0 aliphatic rings. The molecule has 0 saturated heterocycles. The second kappa shape index (κ2) is 4.31. The number of aromatic nitrogens is 5. The first-order valence-corrected chi connectivity index (χ1v) is 6.29. The van der Waals surface area contributed by atoms with E-state index >= 15 is 0 Å². The Balaban J connectivity index is 1.88. The number of hydrogen-bond acceptors (Lipinski definition) is 3. The number of hydrogen-bond donors (Lipinski definition) is 0. The lowest BCUT2D eigenvalue weighted by Gasteiger charge is -2.06. The van der Waals surface area contributed by atoms with Gasteiger partial charge in [0.2, 0.25) is 0 Å². The molecule has 0 aliphatic heterocycles. The third-order valence-electron chi connectivity index (χ3n) is 3.21. The third kappa shape index (κ3) is 1.68. The van der Waals surface area contributed by atoms with Crippen LogP contribution in [0.5, 0.6) is 0 Å². The molecule has 5 nitrogen and oxygen atoms in total. The van der Waals surface area contributed by atoms with Gasteiger partial charge in [-0.15, -0.1) is 0 Å². The van der Waals surface area contributed by atoms with Gasteiger partial charge in [0.15, 0.2) is 0 Å². The number of nitrogens with zero attached hydrogens (tertiary/aromatic N) is 5. The van der Waals surface area contributed by atoms with E-state index in [4.69, 9.17) is 0 Å². The second-order valence-corrected chi connectivity index (χ2v) is 4.46. The molecule has 3 aromatic heterocycles. The summed E-state index contributed by atoms with van der Waals surface area (Å²) >= 11 is 0. The van der Waals surface area contributed by atoms with Gasteiger partial charge >= 0.3 is 0 Å². The molecule has 96 valence electrons. The van der Waals surface area contributed by atoms with Crippen LogP contribution in [0.1, 0.15) is 0 Å². The third-order valence-corrected chi connectivity index (χ3v) is 3.21. The Bertz CT molecular complexity index is 861. The van der Waals surface area contributed by atoms with Crippen molar-refractivity contribution in [1.82, 2.24) is 24.3 Å². The van der Waals surface area contributed by atoms with Crippen molar-refractivity contribution in [2.45, 2.75) is 0 Å². The van der Waals surface area contributed by atoms with Crippen LogP contribution < -0.4 is 0 Å². The summed E-state index contributed by atoms with van der Waals surface area (Å²) in [6, 6.07) is 12.0. The van der Waals surface area contributed by atoms with Crippen molar-refractivity contribution in [2.75, 3.05) is 0 Å². The highest BCUT2D eigenvalue weighted by Gasteiger charge is 2.05. The van der Waals surface area contributed by atoms with Gasteiger partial charge in [-0.25, -0.2) is 9.67 Å². The first kappa shape index (κ1) is 10.9. The molecule has 3 heterocycles. The minimum atomic E-state index is 0.922. The van der Waals surface area contributed by atoms with Crippen LogP contribution in [0.3, 0.4) is 0 Å². The van der Waals surface area contributed by atoms with E-state index < -0.39 is 0 Å².